The lowest BCUT2D eigenvalue weighted by atomic mass is 10.2. The van der Waals surface area contributed by atoms with Gasteiger partial charge < -0.3 is 9.80 Å². The lowest BCUT2D eigenvalue weighted by Crippen LogP contribution is -2.37. The van der Waals surface area contributed by atoms with Gasteiger partial charge in [-0.3, -0.25) is 4.79 Å². The molecule has 1 atom stereocenters. The molecular weight excluding hydrogens is 188 g/mol. The molecule has 0 fully saturated rings. The van der Waals surface area contributed by atoms with Gasteiger partial charge in [0, 0.05) is 31.9 Å². The number of nitrogens with zero attached hydrogens (tertiary/aromatic N) is 2. The third kappa shape index (κ3) is 5.11. The first-order valence-electron chi connectivity index (χ1n) is 4.44. The summed E-state index contributed by atoms with van der Waals surface area (Å²) >= 11 is 5.60. The molecule has 0 bridgehead atoms. The largest absolute Gasteiger partial charge is 0.344 e. The molecular formula is C9H19ClN2O. The summed E-state index contributed by atoms with van der Waals surface area (Å²) < 4.78 is 0. The molecule has 3 nitrogen and oxygen atoms in total. The lowest BCUT2D eigenvalue weighted by Gasteiger charge is -2.21. The van der Waals surface area contributed by atoms with Gasteiger partial charge in [0.1, 0.15) is 0 Å². The summed E-state index contributed by atoms with van der Waals surface area (Å²) in [6, 6.07) is 0. The van der Waals surface area contributed by atoms with Crippen LogP contribution in [0.5, 0.6) is 0 Å². The van der Waals surface area contributed by atoms with Crippen LogP contribution >= 0.6 is 11.6 Å². The molecule has 0 spiro atoms. The van der Waals surface area contributed by atoms with Gasteiger partial charge in [0.05, 0.1) is 0 Å². The van der Waals surface area contributed by atoms with Gasteiger partial charge in [-0.2, -0.15) is 0 Å². The molecule has 78 valence electrons. The van der Waals surface area contributed by atoms with Crippen LogP contribution in [-0.2, 0) is 4.79 Å². The van der Waals surface area contributed by atoms with Crippen molar-refractivity contribution in [2.45, 2.75) is 6.92 Å². The Balaban J connectivity index is 3.82. The number of carbonyl (C=O) groups excluding carboxylic acids is 1. The SMILES string of the molecule is CC(CCl)C(=O)N(C)CCN(C)C. The highest BCUT2D eigenvalue weighted by Crippen LogP contribution is 2.02. The summed E-state index contributed by atoms with van der Waals surface area (Å²) in [6.07, 6.45) is 0. The van der Waals surface area contributed by atoms with Crippen molar-refractivity contribution >= 4 is 17.5 Å². The Morgan fingerprint density at radius 3 is 2.23 bits per heavy atom. The van der Waals surface area contributed by atoms with Gasteiger partial charge >= 0.3 is 0 Å². The zero-order chi connectivity index (χ0) is 10.4. The predicted octanol–water partition coefficient (Wildman–Crippen LogP) is 0.881. The molecule has 0 aromatic carbocycles. The van der Waals surface area contributed by atoms with E-state index in [-0.39, 0.29) is 11.8 Å². The molecule has 0 saturated carbocycles. The number of hydrogen-bond acceptors (Lipinski definition) is 2. The van der Waals surface area contributed by atoms with Crippen LogP contribution in [0.1, 0.15) is 6.92 Å². The molecule has 0 aromatic rings. The fraction of sp³-hybridized carbons (Fsp3) is 0.889. The third-order valence-corrected chi connectivity index (χ3v) is 2.37. The van der Waals surface area contributed by atoms with E-state index in [1.165, 1.54) is 0 Å². The number of hydrogen-bond donors (Lipinski definition) is 0. The van der Waals surface area contributed by atoms with E-state index in [1.807, 2.05) is 28.1 Å². The minimum absolute atomic E-state index is 0.0752. The highest BCUT2D eigenvalue weighted by Gasteiger charge is 2.15. The first kappa shape index (κ1) is 12.7. The molecule has 1 amide bonds. The van der Waals surface area contributed by atoms with Gasteiger partial charge in [0.2, 0.25) is 5.91 Å². The molecule has 1 unspecified atom stereocenters. The van der Waals surface area contributed by atoms with Crippen LogP contribution in [0.2, 0.25) is 0 Å². The summed E-state index contributed by atoms with van der Waals surface area (Å²) in [7, 11) is 5.79. The monoisotopic (exact) mass is 206 g/mol. The molecule has 0 aliphatic carbocycles. The lowest BCUT2D eigenvalue weighted by molar-refractivity contribution is -0.133. The number of rotatable bonds is 5. The van der Waals surface area contributed by atoms with Crippen LogP contribution in [0, 0.1) is 5.92 Å². The second-order valence-corrected chi connectivity index (χ2v) is 3.93. The van der Waals surface area contributed by atoms with Gasteiger partial charge in [0.15, 0.2) is 0 Å². The van der Waals surface area contributed by atoms with E-state index in [0.29, 0.717) is 5.88 Å². The summed E-state index contributed by atoms with van der Waals surface area (Å²) in [6.45, 7) is 3.49. The molecule has 0 aromatic heterocycles. The zero-order valence-electron chi connectivity index (χ0n) is 8.88. The van der Waals surface area contributed by atoms with Crippen LogP contribution in [0.4, 0.5) is 0 Å². The Kier molecular flexibility index (Phi) is 6.08. The van der Waals surface area contributed by atoms with Crippen LogP contribution in [0.15, 0.2) is 0 Å². The standard InChI is InChI=1S/C9H19ClN2O/c1-8(7-10)9(13)12(4)6-5-11(2)3/h8H,5-7H2,1-4H3. The van der Waals surface area contributed by atoms with Crippen molar-refractivity contribution in [1.29, 1.82) is 0 Å². The van der Waals surface area contributed by atoms with Gasteiger partial charge in [0.25, 0.3) is 0 Å². The molecule has 0 aliphatic heterocycles. The third-order valence-electron chi connectivity index (χ3n) is 1.91. The molecule has 13 heavy (non-hydrogen) atoms. The Morgan fingerprint density at radius 2 is 1.85 bits per heavy atom. The average molecular weight is 207 g/mol. The van der Waals surface area contributed by atoms with Crippen LogP contribution in [-0.4, -0.2) is 55.8 Å². The van der Waals surface area contributed by atoms with E-state index < -0.39 is 0 Å². The van der Waals surface area contributed by atoms with Gasteiger partial charge in [-0.05, 0) is 14.1 Å². The van der Waals surface area contributed by atoms with Crippen LogP contribution in [0.25, 0.3) is 0 Å². The fourth-order valence-corrected chi connectivity index (χ4v) is 1.03. The highest BCUT2D eigenvalue weighted by molar-refractivity contribution is 6.19. The minimum Gasteiger partial charge on any atom is -0.344 e. The number of alkyl halides is 1. The first-order chi connectivity index (χ1) is 5.99. The summed E-state index contributed by atoms with van der Waals surface area (Å²) in [5.74, 6) is 0.441. The van der Waals surface area contributed by atoms with E-state index >= 15 is 0 Å². The van der Waals surface area contributed by atoms with E-state index in [9.17, 15) is 4.79 Å². The van der Waals surface area contributed by atoms with Crippen molar-refractivity contribution in [3.8, 4) is 0 Å². The van der Waals surface area contributed by atoms with Crippen molar-refractivity contribution in [2.24, 2.45) is 5.92 Å². The van der Waals surface area contributed by atoms with Crippen LogP contribution in [0.3, 0.4) is 0 Å². The normalized spacial score (nSPS) is 13.1. The van der Waals surface area contributed by atoms with E-state index in [2.05, 4.69) is 4.90 Å². The highest BCUT2D eigenvalue weighted by atomic mass is 35.5. The van der Waals surface area contributed by atoms with E-state index in [0.717, 1.165) is 13.1 Å². The summed E-state index contributed by atoms with van der Waals surface area (Å²) in [5.41, 5.74) is 0. The molecule has 0 N–H and O–H groups in total. The molecule has 0 aliphatic rings. The fourth-order valence-electron chi connectivity index (χ4n) is 0.902. The Hall–Kier alpha value is -0.280. The maximum Gasteiger partial charge on any atom is 0.226 e. The Bertz CT molecular complexity index is 162. The number of likely N-dealkylation sites (N-methyl/N-ethyl adjacent to an activating group) is 2. The maximum atomic E-state index is 11.5. The molecule has 4 heteroatoms. The van der Waals surface area contributed by atoms with Crippen molar-refractivity contribution in [3.63, 3.8) is 0 Å². The maximum absolute atomic E-state index is 11.5. The Labute approximate surface area is 85.6 Å². The summed E-state index contributed by atoms with van der Waals surface area (Å²) in [4.78, 5) is 15.3. The molecule has 0 saturated heterocycles. The molecule has 0 rings (SSSR count). The van der Waals surface area contributed by atoms with Crippen molar-refractivity contribution in [2.75, 3.05) is 40.1 Å². The predicted molar refractivity (Wildman–Crippen MR) is 56.1 cm³/mol. The second-order valence-electron chi connectivity index (χ2n) is 3.62. The van der Waals surface area contributed by atoms with Gasteiger partial charge in [-0.25, -0.2) is 0 Å². The summed E-state index contributed by atoms with van der Waals surface area (Å²) in [5, 5.41) is 0. The topological polar surface area (TPSA) is 23.6 Å². The van der Waals surface area contributed by atoms with Crippen molar-refractivity contribution in [3.05, 3.63) is 0 Å². The van der Waals surface area contributed by atoms with Gasteiger partial charge in [-0.1, -0.05) is 6.92 Å². The van der Waals surface area contributed by atoms with Crippen molar-refractivity contribution in [1.82, 2.24) is 9.80 Å². The van der Waals surface area contributed by atoms with Crippen molar-refractivity contribution < 1.29 is 4.79 Å². The minimum atomic E-state index is -0.0752. The van der Waals surface area contributed by atoms with Crippen LogP contribution < -0.4 is 0 Å². The quantitative estimate of drug-likeness (QED) is 0.624. The number of carbonyl (C=O) groups is 1. The first-order valence-corrected chi connectivity index (χ1v) is 4.98. The zero-order valence-corrected chi connectivity index (χ0v) is 9.64. The second kappa shape index (κ2) is 6.22. The molecule has 0 radical (unpaired) electrons. The average Bonchev–Trinajstić information content (AvgIpc) is 2.11. The Morgan fingerprint density at radius 1 is 1.31 bits per heavy atom. The van der Waals surface area contributed by atoms with E-state index in [1.54, 1.807) is 4.90 Å². The smallest absolute Gasteiger partial charge is 0.226 e. The van der Waals surface area contributed by atoms with Gasteiger partial charge in [-0.15, -0.1) is 11.6 Å². The number of amides is 1. The molecule has 0 heterocycles. The number of halogens is 1. The van der Waals surface area contributed by atoms with E-state index in [4.69, 9.17) is 11.6 Å².